The predicted molar refractivity (Wildman–Crippen MR) is 95.6 cm³/mol. The molecule has 0 spiro atoms. The normalized spacial score (nSPS) is 15.4. The summed E-state index contributed by atoms with van der Waals surface area (Å²) >= 11 is 0. The van der Waals surface area contributed by atoms with Crippen LogP contribution in [0.5, 0.6) is 0 Å². The van der Waals surface area contributed by atoms with Crippen LogP contribution in [0.3, 0.4) is 0 Å². The van der Waals surface area contributed by atoms with Crippen LogP contribution in [0.25, 0.3) is 0 Å². The highest BCUT2D eigenvalue weighted by Gasteiger charge is 2.19. The van der Waals surface area contributed by atoms with E-state index in [4.69, 9.17) is 0 Å². The molecule has 0 saturated carbocycles. The molecule has 2 aromatic rings. The van der Waals surface area contributed by atoms with Gasteiger partial charge in [-0.2, -0.15) is 0 Å². The maximum absolute atomic E-state index is 12.5. The predicted octanol–water partition coefficient (Wildman–Crippen LogP) is 2.10. The van der Waals surface area contributed by atoms with Crippen LogP contribution in [0.2, 0.25) is 0 Å². The summed E-state index contributed by atoms with van der Waals surface area (Å²) in [5.41, 5.74) is 3.12. The maximum Gasteiger partial charge on any atom is 0.274 e. The van der Waals surface area contributed by atoms with Gasteiger partial charge in [-0.15, -0.1) is 0 Å². The van der Waals surface area contributed by atoms with E-state index in [1.54, 1.807) is 6.07 Å². The number of likely N-dealkylation sites (N-methyl/N-ethyl adjacent to an activating group) is 1. The largest absolute Gasteiger partial charge is 0.338 e. The number of hydrogen-bond acceptors (Lipinski definition) is 5. The highest BCUT2D eigenvalue weighted by Crippen LogP contribution is 2.15. The second-order valence-corrected chi connectivity index (χ2v) is 6.31. The Bertz CT molecular complexity index is 721. The number of nitrogens with one attached hydrogen (secondary N) is 1. The van der Waals surface area contributed by atoms with Gasteiger partial charge in [0.25, 0.3) is 5.91 Å². The van der Waals surface area contributed by atoms with Gasteiger partial charge in [0, 0.05) is 37.6 Å². The van der Waals surface area contributed by atoms with Crippen LogP contribution in [0.15, 0.2) is 30.3 Å². The minimum absolute atomic E-state index is 0.209. The number of rotatable bonds is 3. The summed E-state index contributed by atoms with van der Waals surface area (Å²) in [5, 5.41) is 2.89. The fourth-order valence-electron chi connectivity index (χ4n) is 2.65. The van der Waals surface area contributed by atoms with Crippen LogP contribution in [0.1, 0.15) is 21.7 Å². The minimum atomic E-state index is -0.209. The highest BCUT2D eigenvalue weighted by molar-refractivity contribution is 6.03. The van der Waals surface area contributed by atoms with Gasteiger partial charge < -0.3 is 15.1 Å². The quantitative estimate of drug-likeness (QED) is 0.936. The average Bonchev–Trinajstić information content (AvgIpc) is 2.57. The standard InChI is InChI=1S/C18H23N5O/c1-13-4-6-15(7-5-13)20-17(24)16-12-14(2)19-18(21-16)23-10-8-22(3)9-11-23/h4-7,12H,8-11H2,1-3H3,(H,20,24). The summed E-state index contributed by atoms with van der Waals surface area (Å²) in [6, 6.07) is 9.45. The van der Waals surface area contributed by atoms with Crippen LogP contribution in [0.4, 0.5) is 11.6 Å². The van der Waals surface area contributed by atoms with Gasteiger partial charge in [-0.25, -0.2) is 9.97 Å². The summed E-state index contributed by atoms with van der Waals surface area (Å²) in [5.74, 6) is 0.428. The fraction of sp³-hybridized carbons (Fsp3) is 0.389. The number of benzene rings is 1. The Morgan fingerprint density at radius 1 is 1.04 bits per heavy atom. The molecule has 0 bridgehead atoms. The van der Waals surface area contributed by atoms with E-state index in [9.17, 15) is 4.79 Å². The first kappa shape index (κ1) is 16.4. The van der Waals surface area contributed by atoms with Crippen molar-refractivity contribution < 1.29 is 4.79 Å². The number of anilines is 2. The van der Waals surface area contributed by atoms with E-state index in [-0.39, 0.29) is 5.91 Å². The van der Waals surface area contributed by atoms with Crippen molar-refractivity contribution in [2.45, 2.75) is 13.8 Å². The molecule has 1 aromatic carbocycles. The molecule has 24 heavy (non-hydrogen) atoms. The fourth-order valence-corrected chi connectivity index (χ4v) is 2.65. The van der Waals surface area contributed by atoms with Gasteiger partial charge >= 0.3 is 0 Å². The molecule has 0 unspecified atom stereocenters. The first-order valence-electron chi connectivity index (χ1n) is 8.18. The Morgan fingerprint density at radius 3 is 2.38 bits per heavy atom. The molecule has 3 rings (SSSR count). The van der Waals surface area contributed by atoms with E-state index in [0.717, 1.165) is 43.1 Å². The molecule has 126 valence electrons. The SMILES string of the molecule is Cc1ccc(NC(=O)c2cc(C)nc(N3CCN(C)CC3)n2)cc1. The molecule has 1 saturated heterocycles. The first-order chi connectivity index (χ1) is 11.5. The van der Waals surface area contributed by atoms with Gasteiger partial charge in [-0.1, -0.05) is 17.7 Å². The number of carbonyl (C=O) groups excluding carboxylic acids is 1. The molecule has 1 aromatic heterocycles. The van der Waals surface area contributed by atoms with Gasteiger partial charge in [0.2, 0.25) is 5.95 Å². The zero-order chi connectivity index (χ0) is 17.1. The Hall–Kier alpha value is -2.47. The third kappa shape index (κ3) is 3.89. The van der Waals surface area contributed by atoms with E-state index < -0.39 is 0 Å². The summed E-state index contributed by atoms with van der Waals surface area (Å²) < 4.78 is 0. The van der Waals surface area contributed by atoms with Crippen molar-refractivity contribution in [2.24, 2.45) is 0 Å². The molecule has 1 amide bonds. The second-order valence-electron chi connectivity index (χ2n) is 6.31. The van der Waals surface area contributed by atoms with Crippen molar-refractivity contribution >= 4 is 17.5 Å². The van der Waals surface area contributed by atoms with Crippen molar-refractivity contribution in [3.63, 3.8) is 0 Å². The molecule has 0 atom stereocenters. The summed E-state index contributed by atoms with van der Waals surface area (Å²) in [4.78, 5) is 25.9. The van der Waals surface area contributed by atoms with E-state index in [0.29, 0.717) is 11.6 Å². The van der Waals surface area contributed by atoms with Gasteiger partial charge in [0.05, 0.1) is 0 Å². The van der Waals surface area contributed by atoms with E-state index >= 15 is 0 Å². The molecule has 1 aliphatic heterocycles. The lowest BCUT2D eigenvalue weighted by Gasteiger charge is -2.32. The van der Waals surface area contributed by atoms with Crippen molar-refractivity contribution in [3.05, 3.63) is 47.3 Å². The molecule has 1 aliphatic rings. The molecule has 0 radical (unpaired) electrons. The maximum atomic E-state index is 12.5. The Balaban J connectivity index is 1.77. The Kier molecular flexibility index (Phi) is 4.76. The highest BCUT2D eigenvalue weighted by atomic mass is 16.1. The Labute approximate surface area is 142 Å². The number of carbonyl (C=O) groups is 1. The van der Waals surface area contributed by atoms with Gasteiger partial charge in [-0.05, 0) is 39.1 Å². The molecule has 6 heteroatoms. The minimum Gasteiger partial charge on any atom is -0.338 e. The van der Waals surface area contributed by atoms with E-state index in [2.05, 4.69) is 32.1 Å². The summed E-state index contributed by atoms with van der Waals surface area (Å²) in [6.07, 6.45) is 0. The average molecular weight is 325 g/mol. The summed E-state index contributed by atoms with van der Waals surface area (Å²) in [6.45, 7) is 7.61. The number of amides is 1. The molecule has 0 aliphatic carbocycles. The second kappa shape index (κ2) is 6.97. The smallest absolute Gasteiger partial charge is 0.274 e. The molecular formula is C18H23N5O. The van der Waals surface area contributed by atoms with E-state index in [1.165, 1.54) is 0 Å². The number of piperazine rings is 1. The number of hydrogen-bond donors (Lipinski definition) is 1. The number of aromatic nitrogens is 2. The molecule has 2 heterocycles. The van der Waals surface area contributed by atoms with Gasteiger partial charge in [0.1, 0.15) is 5.69 Å². The van der Waals surface area contributed by atoms with Crippen LogP contribution < -0.4 is 10.2 Å². The molecular weight excluding hydrogens is 302 g/mol. The van der Waals surface area contributed by atoms with Crippen LogP contribution >= 0.6 is 0 Å². The van der Waals surface area contributed by atoms with E-state index in [1.807, 2.05) is 38.1 Å². The zero-order valence-electron chi connectivity index (χ0n) is 14.4. The van der Waals surface area contributed by atoms with Crippen molar-refractivity contribution in [2.75, 3.05) is 43.4 Å². The first-order valence-corrected chi connectivity index (χ1v) is 8.18. The third-order valence-electron chi connectivity index (χ3n) is 4.17. The van der Waals surface area contributed by atoms with Crippen LogP contribution in [-0.2, 0) is 0 Å². The van der Waals surface area contributed by atoms with Crippen molar-refractivity contribution in [1.82, 2.24) is 14.9 Å². The lowest BCUT2D eigenvalue weighted by atomic mass is 10.2. The molecule has 6 nitrogen and oxygen atoms in total. The lowest BCUT2D eigenvalue weighted by molar-refractivity contribution is 0.102. The summed E-state index contributed by atoms with van der Waals surface area (Å²) in [7, 11) is 2.11. The number of aryl methyl sites for hydroxylation is 2. The van der Waals surface area contributed by atoms with Gasteiger partial charge in [0.15, 0.2) is 0 Å². The molecule has 1 N–H and O–H groups in total. The van der Waals surface area contributed by atoms with Crippen molar-refractivity contribution in [1.29, 1.82) is 0 Å². The molecule has 1 fully saturated rings. The van der Waals surface area contributed by atoms with Gasteiger partial charge in [-0.3, -0.25) is 4.79 Å². The number of nitrogens with zero attached hydrogens (tertiary/aromatic N) is 4. The zero-order valence-corrected chi connectivity index (χ0v) is 14.4. The lowest BCUT2D eigenvalue weighted by Crippen LogP contribution is -2.45. The van der Waals surface area contributed by atoms with Crippen LogP contribution in [0, 0.1) is 13.8 Å². The van der Waals surface area contributed by atoms with Crippen molar-refractivity contribution in [3.8, 4) is 0 Å². The topological polar surface area (TPSA) is 61.4 Å². The Morgan fingerprint density at radius 2 is 1.71 bits per heavy atom. The monoisotopic (exact) mass is 325 g/mol. The van der Waals surface area contributed by atoms with Crippen LogP contribution in [-0.4, -0.2) is 54.0 Å². The third-order valence-corrected chi connectivity index (χ3v) is 4.17.